The first-order valence-electron chi connectivity index (χ1n) is 8.84. The summed E-state index contributed by atoms with van der Waals surface area (Å²) in [6.07, 6.45) is 0. The lowest BCUT2D eigenvalue weighted by molar-refractivity contribution is -0.123. The summed E-state index contributed by atoms with van der Waals surface area (Å²) in [4.78, 5) is 12.6. The molecule has 1 atom stereocenters. The van der Waals surface area contributed by atoms with Gasteiger partial charge in [-0.3, -0.25) is 4.79 Å². The summed E-state index contributed by atoms with van der Waals surface area (Å²) in [7, 11) is 1.57. The number of para-hydroxylation sites is 2. The van der Waals surface area contributed by atoms with Crippen molar-refractivity contribution in [1.82, 2.24) is 5.32 Å². The van der Waals surface area contributed by atoms with Gasteiger partial charge < -0.3 is 14.8 Å². The minimum absolute atomic E-state index is 0.0877. The highest BCUT2D eigenvalue weighted by atomic mass is 16.5. The van der Waals surface area contributed by atoms with E-state index < -0.39 is 0 Å². The molecule has 0 unspecified atom stereocenters. The minimum Gasteiger partial charge on any atom is -0.493 e. The Morgan fingerprint density at radius 3 is 2.11 bits per heavy atom. The fourth-order valence-corrected chi connectivity index (χ4v) is 2.85. The van der Waals surface area contributed by atoms with Crippen molar-refractivity contribution in [2.45, 2.75) is 13.0 Å². The molecule has 0 saturated heterocycles. The topological polar surface area (TPSA) is 47.6 Å². The van der Waals surface area contributed by atoms with Crippen molar-refractivity contribution in [3.05, 3.63) is 95.6 Å². The van der Waals surface area contributed by atoms with Gasteiger partial charge in [0.15, 0.2) is 18.1 Å². The molecule has 0 saturated carbocycles. The van der Waals surface area contributed by atoms with Crippen molar-refractivity contribution >= 4 is 5.91 Å². The van der Waals surface area contributed by atoms with E-state index >= 15 is 0 Å². The molecule has 0 fully saturated rings. The number of carbonyl (C=O) groups is 1. The molecule has 4 heteroatoms. The van der Waals surface area contributed by atoms with Crippen LogP contribution in [0, 0.1) is 6.92 Å². The Hall–Kier alpha value is -3.27. The summed E-state index contributed by atoms with van der Waals surface area (Å²) in [5.74, 6) is 0.945. The Labute approximate surface area is 159 Å². The van der Waals surface area contributed by atoms with Crippen LogP contribution >= 0.6 is 0 Å². The SMILES string of the molecule is COc1ccccc1OCC(=O)N[C@@H](c1ccccc1)c1ccc(C)cc1. The van der Waals surface area contributed by atoms with Crippen molar-refractivity contribution in [2.75, 3.05) is 13.7 Å². The van der Waals surface area contributed by atoms with Crippen LogP contribution < -0.4 is 14.8 Å². The van der Waals surface area contributed by atoms with Crippen LogP contribution in [0.15, 0.2) is 78.9 Å². The van der Waals surface area contributed by atoms with Crippen molar-refractivity contribution in [2.24, 2.45) is 0 Å². The Morgan fingerprint density at radius 2 is 1.44 bits per heavy atom. The summed E-state index contributed by atoms with van der Waals surface area (Å²) >= 11 is 0. The molecule has 3 aromatic carbocycles. The standard InChI is InChI=1S/C23H23NO3/c1-17-12-14-19(15-13-17)23(18-8-4-3-5-9-18)24-22(25)16-27-21-11-7-6-10-20(21)26-2/h3-15,23H,16H2,1-2H3,(H,24,25)/t23-/m0/s1. The summed E-state index contributed by atoms with van der Waals surface area (Å²) in [6.45, 7) is 1.95. The first-order chi connectivity index (χ1) is 13.2. The second-order valence-electron chi connectivity index (χ2n) is 6.26. The van der Waals surface area contributed by atoms with Crippen molar-refractivity contribution in [3.63, 3.8) is 0 Å². The van der Waals surface area contributed by atoms with E-state index in [0.29, 0.717) is 11.5 Å². The Kier molecular flexibility index (Phi) is 6.10. The normalized spacial score (nSPS) is 11.5. The highest BCUT2D eigenvalue weighted by Gasteiger charge is 2.17. The number of rotatable bonds is 7. The van der Waals surface area contributed by atoms with Crippen LogP contribution in [0.5, 0.6) is 11.5 Å². The lowest BCUT2D eigenvalue weighted by Gasteiger charge is -2.20. The molecule has 0 radical (unpaired) electrons. The van der Waals surface area contributed by atoms with Gasteiger partial charge in [0.2, 0.25) is 0 Å². The van der Waals surface area contributed by atoms with Gasteiger partial charge in [-0.15, -0.1) is 0 Å². The second-order valence-corrected chi connectivity index (χ2v) is 6.26. The number of amides is 1. The Balaban J connectivity index is 1.74. The predicted octanol–water partition coefficient (Wildman–Crippen LogP) is 4.29. The Morgan fingerprint density at radius 1 is 0.852 bits per heavy atom. The van der Waals surface area contributed by atoms with E-state index in [0.717, 1.165) is 11.1 Å². The zero-order chi connectivity index (χ0) is 19.1. The van der Waals surface area contributed by atoms with Gasteiger partial charge in [-0.05, 0) is 30.2 Å². The first-order valence-corrected chi connectivity index (χ1v) is 8.84. The fourth-order valence-electron chi connectivity index (χ4n) is 2.85. The number of carbonyl (C=O) groups excluding carboxylic acids is 1. The molecule has 0 aliphatic heterocycles. The average Bonchev–Trinajstić information content (AvgIpc) is 2.72. The van der Waals surface area contributed by atoms with Crippen LogP contribution in [0.1, 0.15) is 22.7 Å². The molecular weight excluding hydrogens is 338 g/mol. The highest BCUT2D eigenvalue weighted by molar-refractivity contribution is 5.78. The van der Waals surface area contributed by atoms with E-state index in [1.807, 2.05) is 73.7 Å². The second kappa shape index (κ2) is 8.90. The van der Waals surface area contributed by atoms with E-state index in [4.69, 9.17) is 9.47 Å². The van der Waals surface area contributed by atoms with Gasteiger partial charge in [-0.25, -0.2) is 0 Å². The fraction of sp³-hybridized carbons (Fsp3) is 0.174. The molecule has 0 aromatic heterocycles. The van der Waals surface area contributed by atoms with Gasteiger partial charge in [0.1, 0.15) is 0 Å². The molecule has 1 amide bonds. The molecule has 4 nitrogen and oxygen atoms in total. The van der Waals surface area contributed by atoms with E-state index in [2.05, 4.69) is 5.32 Å². The van der Waals surface area contributed by atoms with Crippen LogP contribution in [-0.2, 0) is 4.79 Å². The molecule has 3 rings (SSSR count). The summed E-state index contributed by atoms with van der Waals surface area (Å²) in [5, 5.41) is 3.07. The predicted molar refractivity (Wildman–Crippen MR) is 106 cm³/mol. The molecule has 0 heterocycles. The average molecular weight is 361 g/mol. The third kappa shape index (κ3) is 4.88. The number of hydrogen-bond donors (Lipinski definition) is 1. The van der Waals surface area contributed by atoms with Gasteiger partial charge in [-0.2, -0.15) is 0 Å². The monoisotopic (exact) mass is 361 g/mol. The number of methoxy groups -OCH3 is 1. The third-order valence-electron chi connectivity index (χ3n) is 4.28. The smallest absolute Gasteiger partial charge is 0.258 e. The number of ether oxygens (including phenoxy) is 2. The van der Waals surface area contributed by atoms with E-state index in [1.165, 1.54) is 5.56 Å². The number of nitrogens with one attached hydrogen (secondary N) is 1. The Bertz CT molecular complexity index is 876. The van der Waals surface area contributed by atoms with Crippen molar-refractivity contribution in [3.8, 4) is 11.5 Å². The molecule has 0 aliphatic carbocycles. The largest absolute Gasteiger partial charge is 0.493 e. The van der Waals surface area contributed by atoms with Gasteiger partial charge in [-0.1, -0.05) is 72.3 Å². The molecule has 0 bridgehead atoms. The van der Waals surface area contributed by atoms with Crippen LogP contribution in [0.4, 0.5) is 0 Å². The third-order valence-corrected chi connectivity index (χ3v) is 4.28. The highest BCUT2D eigenvalue weighted by Crippen LogP contribution is 2.26. The van der Waals surface area contributed by atoms with E-state index in [-0.39, 0.29) is 18.6 Å². The maximum atomic E-state index is 12.6. The summed E-state index contributed by atoms with van der Waals surface area (Å²) in [5.41, 5.74) is 3.22. The van der Waals surface area contributed by atoms with E-state index in [1.54, 1.807) is 19.2 Å². The quantitative estimate of drug-likeness (QED) is 0.683. The number of benzene rings is 3. The van der Waals surface area contributed by atoms with Gasteiger partial charge >= 0.3 is 0 Å². The zero-order valence-electron chi connectivity index (χ0n) is 15.5. The van der Waals surface area contributed by atoms with Crippen LogP contribution in [0.2, 0.25) is 0 Å². The van der Waals surface area contributed by atoms with Gasteiger partial charge in [0.25, 0.3) is 5.91 Å². The molecule has 138 valence electrons. The molecule has 1 N–H and O–H groups in total. The molecule has 0 spiro atoms. The maximum Gasteiger partial charge on any atom is 0.258 e. The zero-order valence-corrected chi connectivity index (χ0v) is 15.5. The first kappa shape index (κ1) is 18.5. The minimum atomic E-state index is -0.236. The maximum absolute atomic E-state index is 12.6. The van der Waals surface area contributed by atoms with Crippen LogP contribution in [0.25, 0.3) is 0 Å². The van der Waals surface area contributed by atoms with Gasteiger partial charge in [0.05, 0.1) is 13.2 Å². The van der Waals surface area contributed by atoms with Crippen molar-refractivity contribution < 1.29 is 14.3 Å². The van der Waals surface area contributed by atoms with Gasteiger partial charge in [0, 0.05) is 0 Å². The number of hydrogen-bond acceptors (Lipinski definition) is 3. The molecule has 27 heavy (non-hydrogen) atoms. The number of aryl methyl sites for hydroxylation is 1. The molecular formula is C23H23NO3. The van der Waals surface area contributed by atoms with E-state index in [9.17, 15) is 4.79 Å². The summed E-state index contributed by atoms with van der Waals surface area (Å²) < 4.78 is 10.9. The van der Waals surface area contributed by atoms with Crippen LogP contribution in [-0.4, -0.2) is 19.6 Å². The molecule has 0 aliphatic rings. The van der Waals surface area contributed by atoms with Crippen molar-refractivity contribution in [1.29, 1.82) is 0 Å². The summed E-state index contributed by atoms with van der Waals surface area (Å²) in [6, 6.07) is 25.1. The lowest BCUT2D eigenvalue weighted by atomic mass is 9.98. The lowest BCUT2D eigenvalue weighted by Crippen LogP contribution is -2.33. The molecule has 3 aromatic rings. The van der Waals surface area contributed by atoms with Crippen LogP contribution in [0.3, 0.4) is 0 Å².